The summed E-state index contributed by atoms with van der Waals surface area (Å²) < 4.78 is 1.67. The van der Waals surface area contributed by atoms with E-state index in [4.69, 9.17) is 0 Å². The van der Waals surface area contributed by atoms with Gasteiger partial charge in [-0.2, -0.15) is 5.10 Å². The van der Waals surface area contributed by atoms with Gasteiger partial charge < -0.3 is 0 Å². The van der Waals surface area contributed by atoms with Gasteiger partial charge in [0, 0.05) is 17.8 Å². The molecule has 5 nitrogen and oxygen atoms in total. The Labute approximate surface area is 91.8 Å². The van der Waals surface area contributed by atoms with E-state index in [9.17, 15) is 10.1 Å². The van der Waals surface area contributed by atoms with Crippen molar-refractivity contribution in [2.75, 3.05) is 0 Å². The SMILES string of the molecule is O=[N+]([O-])C=Cc1cnn(-c2ccccc2)c1. The maximum atomic E-state index is 10.1. The van der Waals surface area contributed by atoms with Crippen LogP contribution in [0.25, 0.3) is 11.8 Å². The molecule has 2 aromatic rings. The summed E-state index contributed by atoms with van der Waals surface area (Å²) >= 11 is 0. The summed E-state index contributed by atoms with van der Waals surface area (Å²) in [7, 11) is 0. The molecule has 2 rings (SSSR count). The molecule has 80 valence electrons. The molecule has 0 N–H and O–H groups in total. The molecule has 0 aliphatic heterocycles. The van der Waals surface area contributed by atoms with E-state index in [2.05, 4.69) is 5.10 Å². The van der Waals surface area contributed by atoms with E-state index in [0.29, 0.717) is 5.56 Å². The van der Waals surface area contributed by atoms with Gasteiger partial charge in [0.05, 0.1) is 16.8 Å². The van der Waals surface area contributed by atoms with Crippen molar-refractivity contribution in [1.82, 2.24) is 9.78 Å². The second kappa shape index (κ2) is 4.39. The molecule has 0 spiro atoms. The van der Waals surface area contributed by atoms with Gasteiger partial charge in [0.25, 0.3) is 0 Å². The van der Waals surface area contributed by atoms with Gasteiger partial charge in [-0.1, -0.05) is 18.2 Å². The summed E-state index contributed by atoms with van der Waals surface area (Å²) in [5, 5.41) is 14.2. The van der Waals surface area contributed by atoms with Crippen LogP contribution in [0, 0.1) is 10.1 Å². The van der Waals surface area contributed by atoms with Gasteiger partial charge >= 0.3 is 0 Å². The highest BCUT2D eigenvalue weighted by molar-refractivity contribution is 5.46. The largest absolute Gasteiger partial charge is 0.259 e. The number of benzene rings is 1. The van der Waals surface area contributed by atoms with Gasteiger partial charge in [0.15, 0.2) is 0 Å². The predicted octanol–water partition coefficient (Wildman–Crippen LogP) is 2.12. The highest BCUT2D eigenvalue weighted by Gasteiger charge is 1.98. The van der Waals surface area contributed by atoms with E-state index in [0.717, 1.165) is 11.9 Å². The molecule has 0 bridgehead atoms. The fourth-order valence-corrected chi connectivity index (χ4v) is 1.29. The van der Waals surface area contributed by atoms with Crippen LogP contribution in [-0.2, 0) is 0 Å². The second-order valence-electron chi connectivity index (χ2n) is 3.15. The van der Waals surface area contributed by atoms with Crippen LogP contribution in [0.1, 0.15) is 5.56 Å². The average molecular weight is 215 g/mol. The zero-order valence-corrected chi connectivity index (χ0v) is 8.35. The average Bonchev–Trinajstić information content (AvgIpc) is 2.76. The zero-order valence-electron chi connectivity index (χ0n) is 8.35. The molecule has 0 saturated carbocycles. The highest BCUT2D eigenvalue weighted by Crippen LogP contribution is 2.08. The van der Waals surface area contributed by atoms with E-state index in [1.165, 1.54) is 6.08 Å². The lowest BCUT2D eigenvalue weighted by Crippen LogP contribution is -1.92. The summed E-state index contributed by atoms with van der Waals surface area (Å²) in [5.74, 6) is 0. The molecular weight excluding hydrogens is 206 g/mol. The number of hydrogen-bond acceptors (Lipinski definition) is 3. The number of hydrogen-bond donors (Lipinski definition) is 0. The van der Waals surface area contributed by atoms with Crippen LogP contribution in [-0.4, -0.2) is 14.7 Å². The molecule has 1 aromatic heterocycles. The van der Waals surface area contributed by atoms with E-state index in [1.807, 2.05) is 30.3 Å². The van der Waals surface area contributed by atoms with Crippen LogP contribution >= 0.6 is 0 Å². The molecule has 0 aliphatic carbocycles. The lowest BCUT2D eigenvalue weighted by atomic mass is 10.3. The van der Waals surface area contributed by atoms with Crippen LogP contribution in [0.5, 0.6) is 0 Å². The minimum atomic E-state index is -0.500. The van der Waals surface area contributed by atoms with Crippen molar-refractivity contribution in [2.45, 2.75) is 0 Å². The summed E-state index contributed by atoms with van der Waals surface area (Å²) in [4.78, 5) is 9.64. The standard InChI is InChI=1S/C11H9N3O2/c15-14(16)7-6-10-8-12-13(9-10)11-4-2-1-3-5-11/h1-9H. The summed E-state index contributed by atoms with van der Waals surface area (Å²) in [6.07, 6.45) is 5.61. The first kappa shape index (κ1) is 10.1. The molecule has 0 atom stereocenters. The Morgan fingerprint density at radius 3 is 2.75 bits per heavy atom. The third-order valence-electron chi connectivity index (χ3n) is 2.01. The fourth-order valence-electron chi connectivity index (χ4n) is 1.29. The Kier molecular flexibility index (Phi) is 2.77. The first-order chi connectivity index (χ1) is 7.75. The maximum absolute atomic E-state index is 10.1. The molecule has 5 heteroatoms. The lowest BCUT2D eigenvalue weighted by Gasteiger charge is -1.98. The van der Waals surface area contributed by atoms with Crippen molar-refractivity contribution < 1.29 is 4.92 Å². The van der Waals surface area contributed by atoms with Gasteiger partial charge in [0.2, 0.25) is 6.20 Å². The summed E-state index contributed by atoms with van der Waals surface area (Å²) in [6, 6.07) is 9.55. The maximum Gasteiger partial charge on any atom is 0.235 e. The van der Waals surface area contributed by atoms with Gasteiger partial charge in [-0.15, -0.1) is 0 Å². The molecule has 1 aromatic carbocycles. The molecule has 16 heavy (non-hydrogen) atoms. The van der Waals surface area contributed by atoms with Crippen molar-refractivity contribution in [3.63, 3.8) is 0 Å². The molecule has 0 amide bonds. The van der Waals surface area contributed by atoms with E-state index >= 15 is 0 Å². The van der Waals surface area contributed by atoms with Crippen LogP contribution in [0.2, 0.25) is 0 Å². The Balaban J connectivity index is 2.23. The second-order valence-corrected chi connectivity index (χ2v) is 3.15. The van der Waals surface area contributed by atoms with Gasteiger partial charge in [-0.3, -0.25) is 10.1 Å². The van der Waals surface area contributed by atoms with E-state index < -0.39 is 4.92 Å². The number of aromatic nitrogens is 2. The van der Waals surface area contributed by atoms with Crippen molar-refractivity contribution in [3.05, 3.63) is 64.6 Å². The predicted molar refractivity (Wildman–Crippen MR) is 59.6 cm³/mol. The topological polar surface area (TPSA) is 61.0 Å². The van der Waals surface area contributed by atoms with Crippen molar-refractivity contribution in [2.24, 2.45) is 0 Å². The smallest absolute Gasteiger partial charge is 0.235 e. The number of nitrogens with zero attached hydrogens (tertiary/aromatic N) is 3. The molecular formula is C11H9N3O2. The Morgan fingerprint density at radius 1 is 1.31 bits per heavy atom. The number of rotatable bonds is 3. The molecule has 0 unspecified atom stereocenters. The first-order valence-electron chi connectivity index (χ1n) is 4.67. The van der Waals surface area contributed by atoms with Crippen LogP contribution in [0.3, 0.4) is 0 Å². The molecule has 0 aliphatic rings. The number of para-hydroxylation sites is 1. The monoisotopic (exact) mass is 215 g/mol. The first-order valence-corrected chi connectivity index (χ1v) is 4.67. The van der Waals surface area contributed by atoms with Gasteiger partial charge in [0.1, 0.15) is 0 Å². The lowest BCUT2D eigenvalue weighted by molar-refractivity contribution is -0.400. The third kappa shape index (κ3) is 2.33. The highest BCUT2D eigenvalue weighted by atomic mass is 16.6. The van der Waals surface area contributed by atoms with Crippen molar-refractivity contribution in [1.29, 1.82) is 0 Å². The van der Waals surface area contributed by atoms with Crippen LogP contribution in [0.15, 0.2) is 48.9 Å². The summed E-state index contributed by atoms with van der Waals surface area (Å²) in [5.41, 5.74) is 1.61. The van der Waals surface area contributed by atoms with E-state index in [-0.39, 0.29) is 0 Å². The molecule has 0 fully saturated rings. The van der Waals surface area contributed by atoms with Crippen molar-refractivity contribution >= 4 is 6.08 Å². The summed E-state index contributed by atoms with van der Waals surface area (Å²) in [6.45, 7) is 0. The normalized spacial score (nSPS) is 10.8. The molecule has 0 radical (unpaired) electrons. The number of nitro groups is 1. The van der Waals surface area contributed by atoms with Crippen LogP contribution in [0.4, 0.5) is 0 Å². The van der Waals surface area contributed by atoms with Crippen molar-refractivity contribution in [3.8, 4) is 5.69 Å². The third-order valence-corrected chi connectivity index (χ3v) is 2.01. The Morgan fingerprint density at radius 2 is 2.06 bits per heavy atom. The Hall–Kier alpha value is -2.43. The minimum absolute atomic E-state index is 0.500. The molecule has 1 heterocycles. The zero-order chi connectivity index (χ0) is 11.4. The van der Waals surface area contributed by atoms with Gasteiger partial charge in [-0.05, 0) is 12.1 Å². The fraction of sp³-hybridized carbons (Fsp3) is 0. The van der Waals surface area contributed by atoms with Crippen LogP contribution < -0.4 is 0 Å². The van der Waals surface area contributed by atoms with Gasteiger partial charge in [-0.25, -0.2) is 4.68 Å². The quantitative estimate of drug-likeness (QED) is 0.582. The minimum Gasteiger partial charge on any atom is -0.259 e. The van der Waals surface area contributed by atoms with E-state index in [1.54, 1.807) is 17.1 Å². The Bertz CT molecular complexity index is 517. The molecule has 0 saturated heterocycles.